The molecule has 118 valence electrons. The van der Waals surface area contributed by atoms with Crippen LogP contribution in [0, 0.1) is 0 Å². The topological polar surface area (TPSA) is 82.3 Å². The second kappa shape index (κ2) is 5.77. The van der Waals surface area contributed by atoms with Gasteiger partial charge in [-0.1, -0.05) is 6.07 Å². The molecule has 22 heavy (non-hydrogen) atoms. The number of sulfonamides is 1. The number of aromatic nitrogens is 1. The van der Waals surface area contributed by atoms with Gasteiger partial charge in [-0.25, -0.2) is 8.42 Å². The third kappa shape index (κ3) is 2.50. The molecule has 1 fully saturated rings. The minimum absolute atomic E-state index is 0.164. The smallest absolute Gasteiger partial charge is 0.255 e. The summed E-state index contributed by atoms with van der Waals surface area (Å²) in [5, 5.41) is 3.90. The predicted molar refractivity (Wildman–Crippen MR) is 88.5 cm³/mol. The number of halogens is 1. The van der Waals surface area contributed by atoms with Gasteiger partial charge in [0.2, 0.25) is 10.0 Å². The van der Waals surface area contributed by atoms with Gasteiger partial charge in [0, 0.05) is 40.6 Å². The quantitative estimate of drug-likeness (QED) is 0.833. The molecule has 2 heterocycles. The van der Waals surface area contributed by atoms with E-state index in [4.69, 9.17) is 0 Å². The minimum atomic E-state index is -3.64. The summed E-state index contributed by atoms with van der Waals surface area (Å²) in [5.41, 5.74) is -0.301. The molecule has 1 aromatic carbocycles. The summed E-state index contributed by atoms with van der Waals surface area (Å²) >= 11 is 3.34. The molecule has 3 rings (SSSR count). The molecule has 1 aliphatic rings. The fraction of sp³-hybridized carbons (Fsp3) is 0.357. The van der Waals surface area contributed by atoms with Crippen LogP contribution in [0.2, 0.25) is 0 Å². The Bertz CT molecular complexity index is 879. The molecule has 1 saturated heterocycles. The molecular formula is C14H16BrN3O3S. The Balaban J connectivity index is 2.18. The molecule has 0 aliphatic carbocycles. The van der Waals surface area contributed by atoms with Crippen molar-refractivity contribution in [2.45, 2.75) is 17.4 Å². The summed E-state index contributed by atoms with van der Waals surface area (Å²) in [7, 11) is -1.81. The summed E-state index contributed by atoms with van der Waals surface area (Å²) in [5.74, 6) is 0. The number of rotatable bonds is 3. The zero-order valence-electron chi connectivity index (χ0n) is 12.0. The second-order valence-corrected chi connectivity index (χ2v) is 8.04. The molecule has 1 atom stereocenters. The highest BCUT2D eigenvalue weighted by Gasteiger charge is 2.33. The molecule has 0 spiro atoms. The van der Waals surface area contributed by atoms with Crippen LogP contribution in [0.5, 0.6) is 0 Å². The standard InChI is InChI=1S/C14H16BrN3O3S/c1-16-9-5-6-18(8-9)22(20,21)12-4-2-3-10-13(12)11(15)7-17-14(10)19/h2-4,7,9,16H,5-6,8H2,1H3,(H,17,19)/t9-/m0/s1. The van der Waals surface area contributed by atoms with Crippen LogP contribution in [0.15, 0.2) is 38.6 Å². The summed E-state index contributed by atoms with van der Waals surface area (Å²) < 4.78 is 27.9. The first kappa shape index (κ1) is 15.7. The number of pyridine rings is 1. The highest BCUT2D eigenvalue weighted by Crippen LogP contribution is 2.31. The zero-order chi connectivity index (χ0) is 15.9. The Kier molecular flexibility index (Phi) is 4.11. The molecule has 1 aromatic heterocycles. The average molecular weight is 386 g/mol. The fourth-order valence-electron chi connectivity index (χ4n) is 2.78. The first-order valence-electron chi connectivity index (χ1n) is 6.92. The molecular weight excluding hydrogens is 370 g/mol. The van der Waals surface area contributed by atoms with Crippen LogP contribution >= 0.6 is 15.9 Å². The van der Waals surface area contributed by atoms with Crippen LogP contribution in [-0.4, -0.2) is 43.9 Å². The van der Waals surface area contributed by atoms with Crippen molar-refractivity contribution in [3.05, 3.63) is 39.2 Å². The van der Waals surface area contributed by atoms with Crippen molar-refractivity contribution in [1.29, 1.82) is 0 Å². The van der Waals surface area contributed by atoms with Crippen molar-refractivity contribution in [3.8, 4) is 0 Å². The van der Waals surface area contributed by atoms with Gasteiger partial charge in [0.25, 0.3) is 5.56 Å². The number of hydrogen-bond acceptors (Lipinski definition) is 4. The summed E-state index contributed by atoms with van der Waals surface area (Å²) in [6.45, 7) is 0.918. The summed E-state index contributed by atoms with van der Waals surface area (Å²) in [4.78, 5) is 14.7. The lowest BCUT2D eigenvalue weighted by Crippen LogP contribution is -2.33. The molecule has 2 aromatic rings. The molecule has 1 aliphatic heterocycles. The largest absolute Gasteiger partial charge is 0.327 e. The van der Waals surface area contributed by atoms with Gasteiger partial charge in [-0.2, -0.15) is 4.31 Å². The lowest BCUT2D eigenvalue weighted by atomic mass is 10.2. The highest BCUT2D eigenvalue weighted by atomic mass is 79.9. The second-order valence-electron chi connectivity index (χ2n) is 5.28. The number of H-pyrrole nitrogens is 1. The fourth-order valence-corrected chi connectivity index (χ4v) is 5.18. The highest BCUT2D eigenvalue weighted by molar-refractivity contribution is 9.10. The maximum Gasteiger partial charge on any atom is 0.255 e. The van der Waals surface area contributed by atoms with Gasteiger partial charge in [0.05, 0.1) is 4.90 Å². The monoisotopic (exact) mass is 385 g/mol. The number of nitrogens with zero attached hydrogens (tertiary/aromatic N) is 1. The Morgan fingerprint density at radius 2 is 2.18 bits per heavy atom. The number of aromatic amines is 1. The van der Waals surface area contributed by atoms with Crippen LogP contribution in [0.1, 0.15) is 6.42 Å². The van der Waals surface area contributed by atoms with E-state index < -0.39 is 10.0 Å². The van der Waals surface area contributed by atoms with Crippen molar-refractivity contribution < 1.29 is 8.42 Å². The SMILES string of the molecule is CN[C@H]1CCN(S(=O)(=O)c2cccc3c(=O)[nH]cc(Br)c23)C1. The molecule has 2 N–H and O–H groups in total. The normalized spacial score (nSPS) is 19.8. The molecule has 0 amide bonds. The number of likely N-dealkylation sites (N-methyl/N-ethyl adjacent to an activating group) is 1. The van der Waals surface area contributed by atoms with E-state index in [1.165, 1.54) is 10.5 Å². The Morgan fingerprint density at radius 3 is 2.86 bits per heavy atom. The molecule has 0 bridgehead atoms. The molecule has 8 heteroatoms. The van der Waals surface area contributed by atoms with Gasteiger partial charge < -0.3 is 10.3 Å². The average Bonchev–Trinajstić information content (AvgIpc) is 3.00. The van der Waals surface area contributed by atoms with E-state index in [1.54, 1.807) is 18.2 Å². The van der Waals surface area contributed by atoms with E-state index in [2.05, 4.69) is 26.2 Å². The van der Waals surface area contributed by atoms with Crippen LogP contribution in [0.4, 0.5) is 0 Å². The van der Waals surface area contributed by atoms with Gasteiger partial charge in [-0.3, -0.25) is 4.79 Å². The van der Waals surface area contributed by atoms with E-state index in [1.807, 2.05) is 7.05 Å². The number of nitrogens with one attached hydrogen (secondary N) is 2. The Hall–Kier alpha value is -1.22. The minimum Gasteiger partial charge on any atom is -0.327 e. The molecule has 0 saturated carbocycles. The lowest BCUT2D eigenvalue weighted by Gasteiger charge is -2.18. The Morgan fingerprint density at radius 1 is 1.41 bits per heavy atom. The van der Waals surface area contributed by atoms with Crippen molar-refractivity contribution in [2.24, 2.45) is 0 Å². The lowest BCUT2D eigenvalue weighted by molar-refractivity contribution is 0.465. The first-order chi connectivity index (χ1) is 10.4. The number of hydrogen-bond donors (Lipinski definition) is 2. The predicted octanol–water partition coefficient (Wildman–Crippen LogP) is 1.27. The van der Waals surface area contributed by atoms with Gasteiger partial charge >= 0.3 is 0 Å². The van der Waals surface area contributed by atoms with Crippen LogP contribution in [0.25, 0.3) is 10.8 Å². The van der Waals surface area contributed by atoms with Crippen LogP contribution in [0.3, 0.4) is 0 Å². The van der Waals surface area contributed by atoms with Crippen LogP contribution < -0.4 is 10.9 Å². The van der Waals surface area contributed by atoms with E-state index in [0.717, 1.165) is 6.42 Å². The maximum atomic E-state index is 12.9. The van der Waals surface area contributed by atoms with Gasteiger partial charge in [-0.05, 0) is 41.5 Å². The van der Waals surface area contributed by atoms with Crippen molar-refractivity contribution in [3.63, 3.8) is 0 Å². The zero-order valence-corrected chi connectivity index (χ0v) is 14.4. The molecule has 0 unspecified atom stereocenters. The van der Waals surface area contributed by atoms with Gasteiger partial charge in [0.1, 0.15) is 0 Å². The number of benzene rings is 1. The van der Waals surface area contributed by atoms with E-state index in [-0.39, 0.29) is 16.5 Å². The van der Waals surface area contributed by atoms with Crippen molar-refractivity contribution in [1.82, 2.24) is 14.6 Å². The first-order valence-corrected chi connectivity index (χ1v) is 9.16. The van der Waals surface area contributed by atoms with E-state index in [9.17, 15) is 13.2 Å². The number of fused-ring (bicyclic) bond motifs is 1. The van der Waals surface area contributed by atoms with Crippen LogP contribution in [-0.2, 0) is 10.0 Å². The van der Waals surface area contributed by atoms with E-state index >= 15 is 0 Å². The summed E-state index contributed by atoms with van der Waals surface area (Å²) in [6, 6.07) is 4.94. The Labute approximate surface area is 136 Å². The van der Waals surface area contributed by atoms with Gasteiger partial charge in [0.15, 0.2) is 0 Å². The molecule has 0 radical (unpaired) electrons. The molecule has 6 nitrogen and oxygen atoms in total. The third-order valence-electron chi connectivity index (χ3n) is 4.02. The maximum absolute atomic E-state index is 12.9. The third-order valence-corrected chi connectivity index (χ3v) is 6.55. The van der Waals surface area contributed by atoms with Crippen molar-refractivity contribution in [2.75, 3.05) is 20.1 Å². The van der Waals surface area contributed by atoms with Crippen molar-refractivity contribution >= 4 is 36.7 Å². The summed E-state index contributed by atoms with van der Waals surface area (Å²) in [6.07, 6.45) is 2.26. The van der Waals surface area contributed by atoms with E-state index in [0.29, 0.717) is 28.3 Å². The van der Waals surface area contributed by atoms with Gasteiger partial charge in [-0.15, -0.1) is 0 Å².